The average molecular weight is 510 g/mol. The van der Waals surface area contributed by atoms with Gasteiger partial charge in [-0.25, -0.2) is 9.97 Å². The second-order valence-electron chi connectivity index (χ2n) is 7.88. The minimum atomic E-state index is -4.24. The Bertz CT molecular complexity index is 978. The van der Waals surface area contributed by atoms with Gasteiger partial charge in [0.25, 0.3) is 5.91 Å². The van der Waals surface area contributed by atoms with Gasteiger partial charge in [0.2, 0.25) is 12.4 Å². The van der Waals surface area contributed by atoms with E-state index >= 15 is 0 Å². The van der Waals surface area contributed by atoms with Crippen LogP contribution in [0.15, 0.2) is 41.4 Å². The number of carbonyl (C=O) groups excluding carboxylic acids is 2. The molecule has 11 heteroatoms. The number of hydrogen-bond donors (Lipinski definition) is 3. The highest BCUT2D eigenvalue weighted by molar-refractivity contribution is 8.03. The predicted molar refractivity (Wildman–Crippen MR) is 132 cm³/mol. The number of carbonyl (C=O) groups is 2. The van der Waals surface area contributed by atoms with E-state index in [2.05, 4.69) is 15.3 Å². The number of nitrogen functional groups attached to an aromatic ring is 1. The number of hydrogen-bond acceptors (Lipinski definition) is 7. The summed E-state index contributed by atoms with van der Waals surface area (Å²) in [7, 11) is 0. The third-order valence-electron chi connectivity index (χ3n) is 5.34. The van der Waals surface area contributed by atoms with Crippen LogP contribution < -0.4 is 16.4 Å². The second kappa shape index (κ2) is 14.5. The van der Waals surface area contributed by atoms with Gasteiger partial charge < -0.3 is 11.1 Å². The summed E-state index contributed by atoms with van der Waals surface area (Å²) in [5.41, 5.74) is 6.29. The lowest BCUT2D eigenvalue weighted by atomic mass is 9.95. The molecular weight excluding hydrogens is 479 g/mol. The van der Waals surface area contributed by atoms with Crippen molar-refractivity contribution in [2.24, 2.45) is 0 Å². The fraction of sp³-hybridized carbons (Fsp3) is 0.417. The summed E-state index contributed by atoms with van der Waals surface area (Å²) in [4.78, 5) is 29.5. The lowest BCUT2D eigenvalue weighted by molar-refractivity contribution is -0.137. The molecule has 4 N–H and O–H groups in total. The van der Waals surface area contributed by atoms with E-state index in [1.165, 1.54) is 56.1 Å². The minimum Gasteiger partial charge on any atom is -0.368 e. The summed E-state index contributed by atoms with van der Waals surface area (Å²) >= 11 is 1.21. The van der Waals surface area contributed by atoms with Crippen LogP contribution in [0.1, 0.15) is 48.9 Å². The number of imide groups is 1. The van der Waals surface area contributed by atoms with Crippen LogP contribution in [-0.2, 0) is 22.2 Å². The first-order valence-corrected chi connectivity index (χ1v) is 12.4. The molecule has 2 amide bonds. The summed E-state index contributed by atoms with van der Waals surface area (Å²) in [5, 5.41) is 5.54. The van der Waals surface area contributed by atoms with Crippen LogP contribution in [0.25, 0.3) is 6.08 Å². The first kappa shape index (κ1) is 28.3. The van der Waals surface area contributed by atoms with Crippen LogP contribution in [0.4, 0.5) is 19.1 Å². The summed E-state index contributed by atoms with van der Waals surface area (Å²) in [6.07, 6.45) is 7.99. The van der Waals surface area contributed by atoms with Gasteiger partial charge in [0.05, 0.1) is 16.2 Å². The number of thioether (sulfide) groups is 1. The fourth-order valence-electron chi connectivity index (χ4n) is 3.53. The molecule has 0 radical (unpaired) electrons. The van der Waals surface area contributed by atoms with Crippen molar-refractivity contribution < 1.29 is 22.8 Å². The highest BCUT2D eigenvalue weighted by atomic mass is 32.2. The molecule has 190 valence electrons. The van der Waals surface area contributed by atoms with E-state index < -0.39 is 17.6 Å². The second-order valence-corrected chi connectivity index (χ2v) is 8.73. The van der Waals surface area contributed by atoms with Crippen LogP contribution >= 0.6 is 11.8 Å². The maximum absolute atomic E-state index is 12.4. The van der Waals surface area contributed by atoms with E-state index in [0.717, 1.165) is 30.7 Å². The SMILES string of the molecule is CS/C(=C\c1ccnc(N)n1)C(=O)NC=O.FC(F)(F)c1ccc(CCNC2CCCCC2)cc1. The molecule has 1 saturated carbocycles. The van der Waals surface area contributed by atoms with Crippen LogP contribution in [0, 0.1) is 0 Å². The molecule has 1 fully saturated rings. The van der Waals surface area contributed by atoms with Gasteiger partial charge in [0.15, 0.2) is 0 Å². The van der Waals surface area contributed by atoms with Gasteiger partial charge >= 0.3 is 6.18 Å². The molecule has 35 heavy (non-hydrogen) atoms. The van der Waals surface area contributed by atoms with E-state index in [1.54, 1.807) is 24.5 Å². The van der Waals surface area contributed by atoms with Crippen molar-refractivity contribution in [2.45, 2.75) is 50.7 Å². The zero-order valence-corrected chi connectivity index (χ0v) is 20.3. The summed E-state index contributed by atoms with van der Waals surface area (Å²) in [5.74, 6) is -0.343. The third-order valence-corrected chi connectivity index (χ3v) is 6.08. The molecule has 0 saturated heterocycles. The Hall–Kier alpha value is -2.92. The molecule has 2 aromatic rings. The number of aromatic nitrogens is 2. The highest BCUT2D eigenvalue weighted by Crippen LogP contribution is 2.29. The molecule has 3 rings (SSSR count). The maximum Gasteiger partial charge on any atom is 0.416 e. The molecule has 0 aliphatic heterocycles. The molecular formula is C24H30F3N5O2S. The van der Waals surface area contributed by atoms with Crippen LogP contribution in [0.5, 0.6) is 0 Å². The number of nitrogens with two attached hydrogens (primary N) is 1. The van der Waals surface area contributed by atoms with E-state index in [4.69, 9.17) is 5.73 Å². The van der Waals surface area contributed by atoms with Crippen molar-refractivity contribution in [3.8, 4) is 0 Å². The van der Waals surface area contributed by atoms with E-state index in [9.17, 15) is 22.8 Å². The number of benzene rings is 1. The summed E-state index contributed by atoms with van der Waals surface area (Å²) in [6.45, 7) is 0.843. The van der Waals surface area contributed by atoms with E-state index in [0.29, 0.717) is 23.1 Å². The van der Waals surface area contributed by atoms with Crippen LogP contribution in [0.2, 0.25) is 0 Å². The number of alkyl halides is 3. The Morgan fingerprint density at radius 2 is 1.86 bits per heavy atom. The Morgan fingerprint density at radius 1 is 1.17 bits per heavy atom. The molecule has 0 atom stereocenters. The molecule has 7 nitrogen and oxygen atoms in total. The van der Waals surface area contributed by atoms with Gasteiger partial charge in [0.1, 0.15) is 0 Å². The minimum absolute atomic E-state index is 0.130. The number of halogens is 3. The number of anilines is 1. The predicted octanol–water partition coefficient (Wildman–Crippen LogP) is 4.21. The van der Waals surface area contributed by atoms with Crippen molar-refractivity contribution in [2.75, 3.05) is 18.5 Å². The fourth-order valence-corrected chi connectivity index (χ4v) is 4.02. The molecule has 1 aromatic heterocycles. The van der Waals surface area contributed by atoms with Crippen molar-refractivity contribution in [1.82, 2.24) is 20.6 Å². The highest BCUT2D eigenvalue weighted by Gasteiger charge is 2.29. The normalized spacial score (nSPS) is 14.6. The monoisotopic (exact) mass is 509 g/mol. The number of nitrogens with zero attached hydrogens (tertiary/aromatic N) is 2. The quantitative estimate of drug-likeness (QED) is 0.361. The first-order valence-electron chi connectivity index (χ1n) is 11.2. The summed E-state index contributed by atoms with van der Waals surface area (Å²) < 4.78 is 37.2. The molecule has 0 spiro atoms. The lowest BCUT2D eigenvalue weighted by Crippen LogP contribution is -2.32. The zero-order chi connectivity index (χ0) is 25.7. The van der Waals surface area contributed by atoms with Crippen molar-refractivity contribution >= 4 is 36.1 Å². The number of nitrogens with one attached hydrogen (secondary N) is 2. The van der Waals surface area contributed by atoms with Gasteiger partial charge in [-0.3, -0.25) is 14.9 Å². The number of amides is 2. The lowest BCUT2D eigenvalue weighted by Gasteiger charge is -2.22. The van der Waals surface area contributed by atoms with Gasteiger partial charge in [-0.05, 0) is 61.9 Å². The summed E-state index contributed by atoms with van der Waals surface area (Å²) in [6, 6.07) is 7.69. The smallest absolute Gasteiger partial charge is 0.368 e. The standard InChI is InChI=1S/C15H20F3N.C9H10N4O2S/c16-15(17,18)13-8-6-12(7-9-13)10-11-19-14-4-2-1-3-5-14;1-16-7(8(15)12-5-14)4-6-2-3-11-9(10)13-6/h6-9,14,19H,1-5,10-11H2;2-5H,1H3,(H2,10,11,13)(H,12,14,15)/b;7-4-. The van der Waals surface area contributed by atoms with E-state index in [-0.39, 0.29) is 5.95 Å². The maximum atomic E-state index is 12.4. The molecule has 1 heterocycles. The van der Waals surface area contributed by atoms with Crippen molar-refractivity contribution in [3.05, 3.63) is 58.3 Å². The Labute approximate surface area is 207 Å². The van der Waals surface area contributed by atoms with Gasteiger partial charge in [-0.2, -0.15) is 13.2 Å². The van der Waals surface area contributed by atoms with Crippen molar-refractivity contribution in [1.29, 1.82) is 0 Å². The van der Waals surface area contributed by atoms with Crippen LogP contribution in [0.3, 0.4) is 0 Å². The largest absolute Gasteiger partial charge is 0.416 e. The Morgan fingerprint density at radius 3 is 2.43 bits per heavy atom. The van der Waals surface area contributed by atoms with Crippen LogP contribution in [-0.4, -0.2) is 41.1 Å². The molecule has 0 bridgehead atoms. The van der Waals surface area contributed by atoms with Crippen molar-refractivity contribution in [3.63, 3.8) is 0 Å². The van der Waals surface area contributed by atoms with Gasteiger partial charge in [-0.15, -0.1) is 11.8 Å². The molecule has 1 aromatic carbocycles. The number of rotatable bonds is 8. The molecule has 1 aliphatic rings. The van der Waals surface area contributed by atoms with Gasteiger partial charge in [-0.1, -0.05) is 31.4 Å². The molecule has 0 unspecified atom stereocenters. The topological polar surface area (TPSA) is 110 Å². The van der Waals surface area contributed by atoms with E-state index in [1.807, 2.05) is 5.32 Å². The third kappa shape index (κ3) is 10.5. The first-order chi connectivity index (χ1) is 16.7. The Balaban J connectivity index is 0.000000251. The zero-order valence-electron chi connectivity index (χ0n) is 19.5. The molecule has 1 aliphatic carbocycles. The Kier molecular flexibility index (Phi) is 11.7. The average Bonchev–Trinajstić information content (AvgIpc) is 2.83. The van der Waals surface area contributed by atoms with Gasteiger partial charge in [0, 0.05) is 12.2 Å².